The van der Waals surface area contributed by atoms with Crippen molar-refractivity contribution in [2.45, 2.75) is 25.3 Å². The molecule has 0 saturated carbocycles. The summed E-state index contributed by atoms with van der Waals surface area (Å²) in [6, 6.07) is 11.8. The number of carbonyl (C=O) groups excluding carboxylic acids is 1. The fraction of sp³-hybridized carbons (Fsp3) is 0.318. The van der Waals surface area contributed by atoms with Gasteiger partial charge in [0.05, 0.1) is 12.2 Å². The highest BCUT2D eigenvalue weighted by molar-refractivity contribution is 5.95. The highest BCUT2D eigenvalue weighted by Crippen LogP contribution is 2.24. The Morgan fingerprint density at radius 3 is 2.75 bits per heavy atom. The first-order chi connectivity index (χ1) is 13.8. The molecule has 4 rings (SSSR count). The number of likely N-dealkylation sites (tertiary alicyclic amines) is 1. The number of pyridine rings is 1. The summed E-state index contributed by atoms with van der Waals surface area (Å²) in [4.78, 5) is 19.6. The van der Waals surface area contributed by atoms with Crippen molar-refractivity contribution < 1.29 is 4.79 Å². The zero-order chi connectivity index (χ0) is 19.2. The van der Waals surface area contributed by atoms with E-state index in [1.165, 1.54) is 19.3 Å². The highest BCUT2D eigenvalue weighted by atomic mass is 16.1. The van der Waals surface area contributed by atoms with Gasteiger partial charge >= 0.3 is 0 Å². The van der Waals surface area contributed by atoms with Crippen LogP contribution in [0.5, 0.6) is 0 Å². The van der Waals surface area contributed by atoms with Gasteiger partial charge in [0.25, 0.3) is 5.91 Å². The third kappa shape index (κ3) is 4.28. The molecule has 2 aromatic heterocycles. The van der Waals surface area contributed by atoms with Gasteiger partial charge in [0.1, 0.15) is 0 Å². The SMILES string of the molecule is O=C(NC[C@H](c1cccnc1)N1CCCCC1)c1cccc(-c2cn[nH]c2)c1. The summed E-state index contributed by atoms with van der Waals surface area (Å²) in [6.45, 7) is 2.69. The van der Waals surface area contributed by atoms with Crippen LogP contribution in [-0.2, 0) is 0 Å². The van der Waals surface area contributed by atoms with Gasteiger partial charge in [-0.1, -0.05) is 24.6 Å². The molecule has 0 unspecified atom stereocenters. The molecule has 0 bridgehead atoms. The zero-order valence-electron chi connectivity index (χ0n) is 15.8. The second kappa shape index (κ2) is 8.80. The van der Waals surface area contributed by atoms with E-state index in [9.17, 15) is 4.79 Å². The summed E-state index contributed by atoms with van der Waals surface area (Å²) >= 11 is 0. The Morgan fingerprint density at radius 2 is 2.00 bits per heavy atom. The number of benzene rings is 1. The number of nitrogens with one attached hydrogen (secondary N) is 2. The smallest absolute Gasteiger partial charge is 0.251 e. The van der Waals surface area contributed by atoms with Gasteiger partial charge in [-0.2, -0.15) is 5.10 Å². The van der Waals surface area contributed by atoms with Crippen LogP contribution in [0.25, 0.3) is 11.1 Å². The van der Waals surface area contributed by atoms with Gasteiger partial charge in [0, 0.05) is 36.3 Å². The molecule has 6 heteroatoms. The van der Waals surface area contributed by atoms with E-state index in [1.54, 1.807) is 12.4 Å². The van der Waals surface area contributed by atoms with Crippen LogP contribution in [0.3, 0.4) is 0 Å². The fourth-order valence-electron chi connectivity index (χ4n) is 3.80. The predicted molar refractivity (Wildman–Crippen MR) is 109 cm³/mol. The molecule has 6 nitrogen and oxygen atoms in total. The topological polar surface area (TPSA) is 73.9 Å². The van der Waals surface area contributed by atoms with Gasteiger partial charge in [0.15, 0.2) is 0 Å². The minimum Gasteiger partial charge on any atom is -0.350 e. The van der Waals surface area contributed by atoms with Gasteiger partial charge in [-0.15, -0.1) is 0 Å². The Kier molecular flexibility index (Phi) is 5.77. The molecule has 28 heavy (non-hydrogen) atoms. The van der Waals surface area contributed by atoms with Crippen LogP contribution >= 0.6 is 0 Å². The molecule has 0 spiro atoms. The van der Waals surface area contributed by atoms with Crippen molar-refractivity contribution in [2.75, 3.05) is 19.6 Å². The summed E-state index contributed by atoms with van der Waals surface area (Å²) in [7, 11) is 0. The van der Waals surface area contributed by atoms with Crippen molar-refractivity contribution >= 4 is 5.91 Å². The maximum atomic E-state index is 12.8. The van der Waals surface area contributed by atoms with Gasteiger partial charge < -0.3 is 5.32 Å². The minimum absolute atomic E-state index is 0.0590. The molecule has 1 aromatic carbocycles. The van der Waals surface area contributed by atoms with E-state index in [1.807, 2.05) is 42.7 Å². The molecule has 1 aliphatic heterocycles. The van der Waals surface area contributed by atoms with Crippen LogP contribution in [0.1, 0.15) is 41.2 Å². The number of H-pyrrole nitrogens is 1. The van der Waals surface area contributed by atoms with Gasteiger partial charge in [0.2, 0.25) is 0 Å². The van der Waals surface area contributed by atoms with Crippen LogP contribution in [0.4, 0.5) is 0 Å². The first kappa shape index (κ1) is 18.4. The normalized spacial score (nSPS) is 15.9. The summed E-state index contributed by atoms with van der Waals surface area (Å²) in [6.07, 6.45) is 11.0. The maximum Gasteiger partial charge on any atom is 0.251 e. The zero-order valence-corrected chi connectivity index (χ0v) is 15.8. The second-order valence-electron chi connectivity index (χ2n) is 7.18. The van der Waals surface area contributed by atoms with Crippen LogP contribution in [0.15, 0.2) is 61.2 Å². The van der Waals surface area contributed by atoms with Crippen LogP contribution in [0, 0.1) is 0 Å². The summed E-state index contributed by atoms with van der Waals surface area (Å²) in [5.74, 6) is -0.0590. The Hall–Kier alpha value is -2.99. The number of rotatable bonds is 6. The van der Waals surface area contributed by atoms with Crippen molar-refractivity contribution in [3.05, 3.63) is 72.3 Å². The third-order valence-electron chi connectivity index (χ3n) is 5.31. The van der Waals surface area contributed by atoms with Crippen molar-refractivity contribution in [3.63, 3.8) is 0 Å². The third-order valence-corrected chi connectivity index (χ3v) is 5.31. The molecular formula is C22H25N5O. The Balaban J connectivity index is 1.47. The maximum absolute atomic E-state index is 12.8. The van der Waals surface area contributed by atoms with E-state index in [4.69, 9.17) is 0 Å². The quantitative estimate of drug-likeness (QED) is 0.692. The van der Waals surface area contributed by atoms with E-state index in [-0.39, 0.29) is 11.9 Å². The molecule has 3 aromatic rings. The van der Waals surface area contributed by atoms with E-state index in [0.717, 1.165) is 29.8 Å². The average Bonchev–Trinajstić information content (AvgIpc) is 3.30. The van der Waals surface area contributed by atoms with Crippen LogP contribution in [0.2, 0.25) is 0 Å². The number of aromatic amines is 1. The lowest BCUT2D eigenvalue weighted by atomic mass is 10.0. The molecular weight excluding hydrogens is 350 g/mol. The van der Waals surface area contributed by atoms with Crippen molar-refractivity contribution in [3.8, 4) is 11.1 Å². The minimum atomic E-state index is -0.0590. The summed E-state index contributed by atoms with van der Waals surface area (Å²) < 4.78 is 0. The largest absolute Gasteiger partial charge is 0.350 e. The molecule has 0 radical (unpaired) electrons. The van der Waals surface area contributed by atoms with Crippen molar-refractivity contribution in [2.24, 2.45) is 0 Å². The van der Waals surface area contributed by atoms with Gasteiger partial charge in [-0.25, -0.2) is 0 Å². The van der Waals surface area contributed by atoms with Gasteiger partial charge in [-0.3, -0.25) is 19.8 Å². The molecule has 1 atom stereocenters. The summed E-state index contributed by atoms with van der Waals surface area (Å²) in [5.41, 5.74) is 3.75. The molecule has 1 amide bonds. The average molecular weight is 375 g/mol. The Bertz CT molecular complexity index is 888. The van der Waals surface area contributed by atoms with Crippen LogP contribution in [-0.4, -0.2) is 45.6 Å². The fourth-order valence-corrected chi connectivity index (χ4v) is 3.80. The molecule has 1 aliphatic rings. The monoisotopic (exact) mass is 375 g/mol. The Labute approximate surface area is 165 Å². The van der Waals surface area contributed by atoms with Crippen LogP contribution < -0.4 is 5.32 Å². The number of amides is 1. The number of aromatic nitrogens is 3. The van der Waals surface area contributed by atoms with E-state index in [2.05, 4.69) is 31.5 Å². The first-order valence-electron chi connectivity index (χ1n) is 9.82. The number of carbonyl (C=O) groups is 1. The lowest BCUT2D eigenvalue weighted by Crippen LogP contribution is -2.40. The van der Waals surface area contributed by atoms with E-state index >= 15 is 0 Å². The number of piperidine rings is 1. The highest BCUT2D eigenvalue weighted by Gasteiger charge is 2.23. The molecule has 1 saturated heterocycles. The molecule has 1 fully saturated rings. The first-order valence-corrected chi connectivity index (χ1v) is 9.82. The van der Waals surface area contributed by atoms with Crippen molar-refractivity contribution in [1.29, 1.82) is 0 Å². The molecule has 3 heterocycles. The molecule has 144 valence electrons. The lowest BCUT2D eigenvalue weighted by Gasteiger charge is -2.34. The molecule has 2 N–H and O–H groups in total. The van der Waals surface area contributed by atoms with E-state index < -0.39 is 0 Å². The number of hydrogen-bond acceptors (Lipinski definition) is 4. The van der Waals surface area contributed by atoms with Crippen molar-refractivity contribution in [1.82, 2.24) is 25.4 Å². The Morgan fingerprint density at radius 1 is 1.11 bits per heavy atom. The number of nitrogens with zero attached hydrogens (tertiary/aromatic N) is 3. The summed E-state index contributed by atoms with van der Waals surface area (Å²) in [5, 5.41) is 9.93. The molecule has 0 aliphatic carbocycles. The standard InChI is InChI=1S/C22H25N5O/c28-22(18-7-4-6-17(12-18)20-14-25-26-15-20)24-16-21(19-8-5-9-23-13-19)27-10-2-1-3-11-27/h4-9,12-15,21H,1-3,10-11,16H2,(H,24,28)(H,25,26)/t21-/m1/s1. The second-order valence-corrected chi connectivity index (χ2v) is 7.18. The lowest BCUT2D eigenvalue weighted by molar-refractivity contribution is 0.0924. The van der Waals surface area contributed by atoms with E-state index in [0.29, 0.717) is 12.1 Å². The number of hydrogen-bond donors (Lipinski definition) is 2. The van der Waals surface area contributed by atoms with Gasteiger partial charge in [-0.05, 0) is 55.3 Å². The predicted octanol–water partition coefficient (Wildman–Crippen LogP) is 3.43.